The van der Waals surface area contributed by atoms with E-state index in [1.54, 1.807) is 6.92 Å². The fourth-order valence-corrected chi connectivity index (χ4v) is 5.08. The van der Waals surface area contributed by atoms with Gasteiger partial charge in [-0.25, -0.2) is 0 Å². The van der Waals surface area contributed by atoms with Crippen molar-refractivity contribution in [2.45, 2.75) is 96.9 Å². The molecule has 0 spiro atoms. The molecule has 0 heterocycles. The Hall–Kier alpha value is -2.77. The molecule has 0 aliphatic carbocycles. The summed E-state index contributed by atoms with van der Waals surface area (Å²) in [5.41, 5.74) is 18.8. The maximum Gasteiger partial charge on any atom is 0.125 e. The molecule has 0 unspecified atom stereocenters. The molecular formula is C38H47O2W-. The largest absolute Gasteiger partial charge is 0.493 e. The van der Waals surface area contributed by atoms with Gasteiger partial charge in [-0.15, -0.1) is 11.1 Å². The number of benzene rings is 3. The van der Waals surface area contributed by atoms with E-state index >= 15 is 0 Å². The van der Waals surface area contributed by atoms with Crippen LogP contribution in [0.4, 0.5) is 0 Å². The summed E-state index contributed by atoms with van der Waals surface area (Å²) in [4.78, 5) is 0. The zero-order valence-electron chi connectivity index (χ0n) is 27.7. The first-order valence-electron chi connectivity index (χ1n) is 14.2. The van der Waals surface area contributed by atoms with E-state index in [1.165, 1.54) is 66.8 Å². The molecule has 41 heavy (non-hydrogen) atoms. The van der Waals surface area contributed by atoms with Gasteiger partial charge in [-0.1, -0.05) is 56.9 Å². The van der Waals surface area contributed by atoms with Gasteiger partial charge in [-0.2, -0.15) is 17.2 Å². The second-order valence-corrected chi connectivity index (χ2v) is 10.7. The summed E-state index contributed by atoms with van der Waals surface area (Å²) >= 11 is 0. The quantitative estimate of drug-likeness (QED) is 0.213. The number of hydrogen-bond acceptors (Lipinski definition) is 2. The monoisotopic (exact) mass is 719 g/mol. The van der Waals surface area contributed by atoms with E-state index in [9.17, 15) is 0 Å². The number of aryl methyl sites for hydroxylation is 2. The minimum Gasteiger partial charge on any atom is -0.493 e. The van der Waals surface area contributed by atoms with Crippen LogP contribution in [-0.4, -0.2) is 18.3 Å². The van der Waals surface area contributed by atoms with Gasteiger partial charge >= 0.3 is 0 Å². The molecular weight excluding hydrogens is 672 g/mol. The molecule has 3 aromatic rings. The van der Waals surface area contributed by atoms with Crippen molar-refractivity contribution < 1.29 is 30.9 Å². The second kappa shape index (κ2) is 15.5. The third-order valence-electron chi connectivity index (χ3n) is 8.34. The van der Waals surface area contributed by atoms with E-state index in [0.29, 0.717) is 6.61 Å². The molecule has 3 aromatic carbocycles. The summed E-state index contributed by atoms with van der Waals surface area (Å²) in [5, 5.41) is 7.57. The van der Waals surface area contributed by atoms with Gasteiger partial charge < -0.3 is 9.84 Å². The van der Waals surface area contributed by atoms with Crippen LogP contribution >= 0.6 is 0 Å². The van der Waals surface area contributed by atoms with E-state index in [-0.39, 0.29) is 27.7 Å². The van der Waals surface area contributed by atoms with E-state index in [1.807, 2.05) is 6.92 Å². The molecule has 0 saturated carbocycles. The minimum atomic E-state index is 0. The zero-order valence-corrected chi connectivity index (χ0v) is 30.6. The average molecular weight is 720 g/mol. The Kier molecular flexibility index (Phi) is 13.7. The first-order chi connectivity index (χ1) is 18.7. The summed E-state index contributed by atoms with van der Waals surface area (Å²) in [6.07, 6.45) is 0. The average Bonchev–Trinajstić information content (AvgIpc) is 2.91. The van der Waals surface area contributed by atoms with Crippen molar-refractivity contribution in [1.82, 2.24) is 0 Å². The molecule has 0 bridgehead atoms. The molecule has 218 valence electrons. The van der Waals surface area contributed by atoms with Crippen molar-refractivity contribution in [3.63, 3.8) is 0 Å². The number of aliphatic hydroxyl groups is 1. The summed E-state index contributed by atoms with van der Waals surface area (Å²) in [5.74, 6) is 15.2. The molecule has 0 aliphatic rings. The van der Waals surface area contributed by atoms with Crippen LogP contribution in [0.1, 0.15) is 103 Å². The van der Waals surface area contributed by atoms with Gasteiger partial charge in [-0.05, 0) is 114 Å². The first kappa shape index (κ1) is 36.3. The van der Waals surface area contributed by atoms with Gasteiger partial charge in [0.1, 0.15) is 5.75 Å². The van der Waals surface area contributed by atoms with Crippen molar-refractivity contribution in [1.29, 1.82) is 0 Å². The Morgan fingerprint density at radius 1 is 0.488 bits per heavy atom. The van der Waals surface area contributed by atoms with Crippen LogP contribution in [-0.2, 0) is 21.1 Å². The van der Waals surface area contributed by atoms with Crippen LogP contribution in [0, 0.1) is 113 Å². The molecule has 0 saturated heterocycles. The van der Waals surface area contributed by atoms with Crippen LogP contribution in [0.15, 0.2) is 0 Å². The maximum atomic E-state index is 7.57. The third-order valence-corrected chi connectivity index (χ3v) is 8.34. The zero-order chi connectivity index (χ0) is 30.5. The SMILES string of the molecule is CCO.CCOc1c(C)c(C)c(C#Cc2c(C)c(C)c(C#Cc3c(C)c(C)[c-]c(C)c3C)c(C)c2C)c(C)c1C.[W]. The van der Waals surface area contributed by atoms with E-state index < -0.39 is 0 Å². The Balaban J connectivity index is 0.00000201. The van der Waals surface area contributed by atoms with Crippen molar-refractivity contribution in [2.75, 3.05) is 13.2 Å². The summed E-state index contributed by atoms with van der Waals surface area (Å²) < 4.78 is 5.95. The number of ether oxygens (including phenoxy) is 1. The topological polar surface area (TPSA) is 29.5 Å². The summed E-state index contributed by atoms with van der Waals surface area (Å²) in [6, 6.07) is 3.46. The fourth-order valence-electron chi connectivity index (χ4n) is 5.08. The van der Waals surface area contributed by atoms with Crippen molar-refractivity contribution >= 4 is 0 Å². The van der Waals surface area contributed by atoms with Crippen molar-refractivity contribution in [3.8, 4) is 29.4 Å². The van der Waals surface area contributed by atoms with E-state index in [2.05, 4.69) is 113 Å². The third kappa shape index (κ3) is 7.55. The Morgan fingerprint density at radius 2 is 0.732 bits per heavy atom. The van der Waals surface area contributed by atoms with Crippen molar-refractivity contribution in [3.05, 3.63) is 95.1 Å². The maximum absolute atomic E-state index is 7.57. The van der Waals surface area contributed by atoms with Gasteiger partial charge in [-0.3, -0.25) is 0 Å². The Bertz CT molecular complexity index is 1480. The molecule has 3 heteroatoms. The van der Waals surface area contributed by atoms with Crippen LogP contribution in [0.5, 0.6) is 5.75 Å². The predicted molar refractivity (Wildman–Crippen MR) is 171 cm³/mol. The molecule has 0 radical (unpaired) electrons. The van der Waals surface area contributed by atoms with Crippen LogP contribution in [0.3, 0.4) is 0 Å². The van der Waals surface area contributed by atoms with Crippen LogP contribution in [0.25, 0.3) is 0 Å². The van der Waals surface area contributed by atoms with Crippen LogP contribution < -0.4 is 4.74 Å². The number of rotatable bonds is 2. The molecule has 0 amide bonds. The summed E-state index contributed by atoms with van der Waals surface area (Å²) in [7, 11) is 0. The van der Waals surface area contributed by atoms with Gasteiger partial charge in [0.05, 0.1) is 6.61 Å². The normalized spacial score (nSPS) is 9.93. The number of aliphatic hydroxyl groups excluding tert-OH is 1. The van der Waals surface area contributed by atoms with Gasteiger partial charge in [0.2, 0.25) is 0 Å². The van der Waals surface area contributed by atoms with Crippen molar-refractivity contribution in [2.24, 2.45) is 0 Å². The molecule has 3 rings (SSSR count). The number of hydrogen-bond donors (Lipinski definition) is 1. The molecule has 0 aliphatic heterocycles. The fraction of sp³-hybridized carbons (Fsp3) is 0.421. The molecule has 0 atom stereocenters. The van der Waals surface area contributed by atoms with Gasteiger partial charge in [0.25, 0.3) is 0 Å². The Morgan fingerprint density at radius 3 is 1.00 bits per heavy atom. The summed E-state index contributed by atoms with van der Waals surface area (Å²) in [6.45, 7) is 30.4. The van der Waals surface area contributed by atoms with E-state index in [0.717, 1.165) is 28.0 Å². The molecule has 0 fully saturated rings. The minimum absolute atomic E-state index is 0. The predicted octanol–water partition coefficient (Wildman–Crippen LogP) is 8.38. The second-order valence-electron chi connectivity index (χ2n) is 10.7. The van der Waals surface area contributed by atoms with Gasteiger partial charge in [0, 0.05) is 44.4 Å². The van der Waals surface area contributed by atoms with E-state index in [4.69, 9.17) is 9.84 Å². The molecule has 1 N–H and O–H groups in total. The standard InChI is InChI=1S/C36H41O.C2H6O.W/c1-14-37-36-30(12)28(10)35(29(11)31(36)13)18-17-34-26(8)24(6)33(25(7)27(34)9)16-15-32-22(4)20(2)19-21(3)23(32)5;1-2-3;/h14H2,1-13H3;3H,2H2,1H3;/q-1;;. The molecule has 0 aromatic heterocycles. The first-order valence-corrected chi connectivity index (χ1v) is 14.2. The smallest absolute Gasteiger partial charge is 0.125 e. The van der Waals surface area contributed by atoms with Gasteiger partial charge in [0.15, 0.2) is 0 Å². The Labute approximate surface area is 264 Å². The van der Waals surface area contributed by atoms with Crippen LogP contribution in [0.2, 0.25) is 0 Å². The molecule has 2 nitrogen and oxygen atoms in total.